The number of urea groups is 1. The monoisotopic (exact) mass is 573 g/mol. The smallest absolute Gasteiger partial charge is 0.324 e. The van der Waals surface area contributed by atoms with Gasteiger partial charge < -0.3 is 4.90 Å². The van der Waals surface area contributed by atoms with E-state index < -0.39 is 45.7 Å². The van der Waals surface area contributed by atoms with Crippen LogP contribution in [0.5, 0.6) is 0 Å². The predicted octanol–water partition coefficient (Wildman–Crippen LogP) is 5.39. The molecular formula is C29H27ClF3N3O4. The number of aromatic nitrogens is 1. The molecule has 2 aromatic rings. The molecule has 2 fully saturated rings. The Morgan fingerprint density at radius 1 is 1.07 bits per heavy atom. The summed E-state index contributed by atoms with van der Waals surface area (Å²) in [7, 11) is 0. The van der Waals surface area contributed by atoms with Gasteiger partial charge in [-0.15, -0.1) is 5.92 Å². The number of aryl methyl sites for hydroxylation is 2. The molecule has 2 heterocycles. The van der Waals surface area contributed by atoms with Crippen molar-refractivity contribution >= 4 is 35.1 Å². The lowest BCUT2D eigenvalue weighted by Gasteiger charge is -2.44. The Bertz CT molecular complexity index is 1420. The largest absolute Gasteiger partial charge is 0.417 e. The molecule has 1 aliphatic heterocycles. The fourth-order valence-corrected chi connectivity index (χ4v) is 5.94. The average Bonchev–Trinajstić information content (AvgIpc) is 2.85. The number of hydrogen-bond acceptors (Lipinski definition) is 5. The molecule has 4 rings (SSSR count). The van der Waals surface area contributed by atoms with E-state index in [1.165, 1.54) is 4.90 Å². The molecule has 0 radical (unpaired) electrons. The second-order valence-corrected chi connectivity index (χ2v) is 10.8. The van der Waals surface area contributed by atoms with E-state index in [1.807, 2.05) is 26.0 Å². The van der Waals surface area contributed by atoms with Gasteiger partial charge in [0.25, 0.3) is 5.91 Å². The number of hydrogen-bond donors (Lipinski definition) is 1. The number of benzene rings is 1. The van der Waals surface area contributed by atoms with Crippen molar-refractivity contribution in [2.24, 2.45) is 5.41 Å². The van der Waals surface area contributed by atoms with E-state index in [9.17, 15) is 32.3 Å². The first-order chi connectivity index (χ1) is 18.7. The summed E-state index contributed by atoms with van der Waals surface area (Å²) in [6, 6.07) is 3.58. The van der Waals surface area contributed by atoms with Crippen molar-refractivity contribution in [3.8, 4) is 11.8 Å². The van der Waals surface area contributed by atoms with Crippen LogP contribution in [0.15, 0.2) is 24.4 Å². The summed E-state index contributed by atoms with van der Waals surface area (Å²) in [5.74, 6) is 3.71. The Kier molecular flexibility index (Phi) is 8.08. The minimum Gasteiger partial charge on any atom is -0.324 e. The lowest BCUT2D eigenvalue weighted by atomic mass is 9.62. The summed E-state index contributed by atoms with van der Waals surface area (Å²) in [5, 5.41) is 1.57. The summed E-state index contributed by atoms with van der Waals surface area (Å²) >= 11 is 5.80. The van der Waals surface area contributed by atoms with Gasteiger partial charge >= 0.3 is 12.2 Å². The quantitative estimate of drug-likeness (QED) is 0.384. The molecule has 1 aromatic heterocycles. The zero-order chi connectivity index (χ0) is 29.4. The second kappa shape index (κ2) is 11.0. The fraction of sp³-hybridized carbons (Fsp3) is 0.414. The van der Waals surface area contributed by atoms with Gasteiger partial charge in [-0.25, -0.2) is 9.78 Å². The molecule has 210 valence electrons. The van der Waals surface area contributed by atoms with Gasteiger partial charge in [0.15, 0.2) is 0 Å². The third-order valence-electron chi connectivity index (χ3n) is 7.61. The highest BCUT2D eigenvalue weighted by Gasteiger charge is 2.48. The average molecular weight is 574 g/mol. The molecule has 0 atom stereocenters. The van der Waals surface area contributed by atoms with Crippen LogP contribution in [0.1, 0.15) is 76.8 Å². The van der Waals surface area contributed by atoms with Crippen molar-refractivity contribution in [3.63, 3.8) is 0 Å². The highest BCUT2D eigenvalue weighted by Crippen LogP contribution is 2.46. The summed E-state index contributed by atoms with van der Waals surface area (Å²) in [4.78, 5) is 56.7. The molecule has 11 heteroatoms. The maximum absolute atomic E-state index is 13.4. The lowest BCUT2D eigenvalue weighted by Crippen LogP contribution is -2.51. The summed E-state index contributed by atoms with van der Waals surface area (Å²) < 4.78 is 38.5. The molecule has 1 spiro atoms. The van der Waals surface area contributed by atoms with Gasteiger partial charge in [0.1, 0.15) is 23.2 Å². The van der Waals surface area contributed by atoms with Gasteiger partial charge in [-0.05, 0) is 73.9 Å². The molecule has 1 saturated heterocycles. The van der Waals surface area contributed by atoms with Crippen LogP contribution in [-0.4, -0.2) is 46.5 Å². The van der Waals surface area contributed by atoms with E-state index in [2.05, 4.69) is 22.1 Å². The number of nitrogens with one attached hydrogen (secondary N) is 1. The zero-order valence-electron chi connectivity index (χ0n) is 22.2. The number of pyridine rings is 1. The van der Waals surface area contributed by atoms with Crippen LogP contribution < -0.4 is 5.32 Å². The third kappa shape index (κ3) is 5.89. The summed E-state index contributed by atoms with van der Waals surface area (Å²) in [6.45, 7) is 5.88. The van der Waals surface area contributed by atoms with Crippen LogP contribution in [0.4, 0.5) is 18.0 Å². The predicted molar refractivity (Wildman–Crippen MR) is 141 cm³/mol. The van der Waals surface area contributed by atoms with E-state index in [0.717, 1.165) is 22.3 Å². The summed E-state index contributed by atoms with van der Waals surface area (Å²) in [5.41, 5.74) is 1.06. The van der Waals surface area contributed by atoms with Gasteiger partial charge in [-0.3, -0.25) is 19.7 Å². The first kappa shape index (κ1) is 29.3. The van der Waals surface area contributed by atoms with Crippen molar-refractivity contribution in [3.05, 3.63) is 62.9 Å². The first-order valence-electron chi connectivity index (χ1n) is 12.7. The molecule has 0 unspecified atom stereocenters. The maximum atomic E-state index is 13.4. The number of Topliss-reactive ketones (excluding diaryl/α,β-unsaturated/α-hetero) is 2. The van der Waals surface area contributed by atoms with Crippen LogP contribution in [0.2, 0.25) is 5.02 Å². The van der Waals surface area contributed by atoms with Crippen molar-refractivity contribution in [1.29, 1.82) is 0 Å². The second-order valence-electron chi connectivity index (χ2n) is 10.4. The topological polar surface area (TPSA) is 96.4 Å². The van der Waals surface area contributed by atoms with Gasteiger partial charge in [-0.1, -0.05) is 17.5 Å². The van der Waals surface area contributed by atoms with Crippen molar-refractivity contribution in [2.75, 3.05) is 13.1 Å². The molecule has 1 aliphatic carbocycles. The van der Waals surface area contributed by atoms with Crippen LogP contribution in [0, 0.1) is 31.1 Å². The zero-order valence-corrected chi connectivity index (χ0v) is 22.9. The molecular weight excluding hydrogens is 547 g/mol. The number of likely N-dealkylation sites (tertiary alicyclic amines) is 1. The SMILES string of the molecule is CC#Cc1cc(C)c(C2C(=O)CC3(CCN(C(=O)NC(=O)c4ncc(C(F)(F)F)cc4Cl)CC3)CC2=O)c(C)c1. The molecule has 3 amide bonds. The van der Waals surface area contributed by atoms with Crippen molar-refractivity contribution in [1.82, 2.24) is 15.2 Å². The van der Waals surface area contributed by atoms with Gasteiger partial charge in [0.05, 0.1) is 10.6 Å². The number of carbonyl (C=O) groups is 4. The van der Waals surface area contributed by atoms with E-state index >= 15 is 0 Å². The number of amides is 3. The molecule has 2 aliphatic rings. The van der Waals surface area contributed by atoms with Crippen LogP contribution in [0.3, 0.4) is 0 Å². The minimum atomic E-state index is -4.68. The van der Waals surface area contributed by atoms with Crippen LogP contribution in [0.25, 0.3) is 0 Å². The number of imide groups is 1. The minimum absolute atomic E-state index is 0.145. The number of piperidine rings is 1. The third-order valence-corrected chi connectivity index (χ3v) is 7.90. The molecule has 40 heavy (non-hydrogen) atoms. The number of ketones is 2. The number of halogens is 4. The number of nitrogens with zero attached hydrogens (tertiary/aromatic N) is 2. The van der Waals surface area contributed by atoms with Crippen LogP contribution in [-0.2, 0) is 15.8 Å². The molecule has 7 nitrogen and oxygen atoms in total. The van der Waals surface area contributed by atoms with E-state index in [4.69, 9.17) is 11.6 Å². The number of rotatable bonds is 2. The number of alkyl halides is 3. The van der Waals surface area contributed by atoms with E-state index in [0.29, 0.717) is 25.1 Å². The maximum Gasteiger partial charge on any atom is 0.417 e. The van der Waals surface area contributed by atoms with Crippen molar-refractivity contribution < 1.29 is 32.3 Å². The highest BCUT2D eigenvalue weighted by atomic mass is 35.5. The Balaban J connectivity index is 1.40. The molecule has 1 saturated carbocycles. The van der Waals surface area contributed by atoms with E-state index in [-0.39, 0.29) is 37.5 Å². The van der Waals surface area contributed by atoms with Gasteiger partial charge in [0.2, 0.25) is 0 Å². The number of carbonyl (C=O) groups excluding carboxylic acids is 4. The Hall–Kier alpha value is -3.71. The van der Waals surface area contributed by atoms with E-state index in [1.54, 1.807) is 6.92 Å². The molecule has 0 bridgehead atoms. The Labute approximate surface area is 234 Å². The lowest BCUT2D eigenvalue weighted by molar-refractivity contribution is -0.139. The Morgan fingerprint density at radius 3 is 2.15 bits per heavy atom. The normalized spacial score (nSPS) is 17.4. The Morgan fingerprint density at radius 2 is 1.65 bits per heavy atom. The van der Waals surface area contributed by atoms with Gasteiger partial charge in [-0.2, -0.15) is 13.2 Å². The molecule has 1 aromatic carbocycles. The highest BCUT2D eigenvalue weighted by molar-refractivity contribution is 6.33. The van der Waals surface area contributed by atoms with Gasteiger partial charge in [0, 0.05) is 37.7 Å². The van der Waals surface area contributed by atoms with Crippen molar-refractivity contribution in [2.45, 2.75) is 58.5 Å². The first-order valence-corrected chi connectivity index (χ1v) is 13.0. The molecule has 1 N–H and O–H groups in total. The fourth-order valence-electron chi connectivity index (χ4n) is 5.69. The summed E-state index contributed by atoms with van der Waals surface area (Å²) in [6.07, 6.45) is -3.02. The standard InChI is InChI=1S/C29H27ClF3N3O4/c1-4-5-18-10-16(2)23(17(3)11-18)24-21(37)13-28(14-22(24)38)6-8-36(9-7-28)27(40)35-26(39)25-20(30)12-19(15-34-25)29(31,32)33/h10-12,15,24H,6-9,13-14H2,1-3H3,(H,35,39,40). The van der Waals surface area contributed by atoms with Crippen LogP contribution >= 0.6 is 11.6 Å².